The monoisotopic (exact) mass is 341 g/mol. The van der Waals surface area contributed by atoms with E-state index in [2.05, 4.69) is 20.9 Å². The molecule has 0 fully saturated rings. The summed E-state index contributed by atoms with van der Waals surface area (Å²) in [7, 11) is 0. The Morgan fingerprint density at radius 2 is 2.17 bits per heavy atom. The van der Waals surface area contributed by atoms with Gasteiger partial charge in [0.1, 0.15) is 10.7 Å². The maximum Gasteiger partial charge on any atom is 0.182 e. The van der Waals surface area contributed by atoms with Crippen LogP contribution in [0, 0.1) is 0 Å². The van der Waals surface area contributed by atoms with Crippen molar-refractivity contribution in [2.45, 2.75) is 19.3 Å². The molecular weight excluding hydrogens is 334 g/mol. The first-order chi connectivity index (χ1) is 8.65. The molecule has 2 nitrogen and oxygen atoms in total. The van der Waals surface area contributed by atoms with Crippen LogP contribution in [0.4, 0.5) is 0 Å². The third-order valence-corrected chi connectivity index (χ3v) is 5.00. The fraction of sp³-hybridized carbons (Fsp3) is 0.231. The highest BCUT2D eigenvalue weighted by Gasteiger charge is 2.23. The number of hydrogen-bond acceptors (Lipinski definition) is 3. The molecule has 5 heteroatoms. The lowest BCUT2D eigenvalue weighted by molar-refractivity contribution is 0.0968. The van der Waals surface area contributed by atoms with Gasteiger partial charge in [-0.2, -0.15) is 0 Å². The standard InChI is InChI=1S/C13H9BrClNOS/c14-9-5-4-7(15)6-8(9)13-16-12-10(17)2-1-3-11(12)18-13/h4-6H,1-3H2. The second-order valence-electron chi connectivity index (χ2n) is 4.19. The van der Waals surface area contributed by atoms with Gasteiger partial charge in [0.2, 0.25) is 0 Å². The van der Waals surface area contributed by atoms with Crippen LogP contribution in [-0.4, -0.2) is 10.8 Å². The van der Waals surface area contributed by atoms with Crippen molar-refractivity contribution in [1.82, 2.24) is 4.98 Å². The van der Waals surface area contributed by atoms with E-state index in [9.17, 15) is 4.79 Å². The molecule has 1 heterocycles. The topological polar surface area (TPSA) is 30.0 Å². The summed E-state index contributed by atoms with van der Waals surface area (Å²) in [6, 6.07) is 5.61. The molecule has 0 radical (unpaired) electrons. The molecule has 1 aromatic heterocycles. The molecule has 0 unspecified atom stereocenters. The van der Waals surface area contributed by atoms with E-state index in [-0.39, 0.29) is 5.78 Å². The number of carbonyl (C=O) groups is 1. The fourth-order valence-electron chi connectivity index (χ4n) is 2.04. The summed E-state index contributed by atoms with van der Waals surface area (Å²) in [4.78, 5) is 17.4. The first-order valence-electron chi connectivity index (χ1n) is 5.63. The second kappa shape index (κ2) is 4.76. The quantitative estimate of drug-likeness (QED) is 0.749. The Morgan fingerprint density at radius 1 is 1.33 bits per heavy atom. The van der Waals surface area contributed by atoms with E-state index < -0.39 is 0 Å². The van der Waals surface area contributed by atoms with Gasteiger partial charge < -0.3 is 0 Å². The third-order valence-electron chi connectivity index (χ3n) is 2.93. The van der Waals surface area contributed by atoms with Gasteiger partial charge in [0.05, 0.1) is 0 Å². The summed E-state index contributed by atoms with van der Waals surface area (Å²) in [5.74, 6) is 0.164. The Labute approximate surface area is 122 Å². The minimum Gasteiger partial charge on any atom is -0.292 e. The van der Waals surface area contributed by atoms with Crippen LogP contribution in [0.5, 0.6) is 0 Å². The van der Waals surface area contributed by atoms with E-state index in [0.29, 0.717) is 17.1 Å². The summed E-state index contributed by atoms with van der Waals surface area (Å²) < 4.78 is 0.949. The van der Waals surface area contributed by atoms with E-state index in [1.54, 1.807) is 11.3 Å². The number of ketones is 1. The Kier molecular flexibility index (Phi) is 3.26. The van der Waals surface area contributed by atoms with Crippen LogP contribution < -0.4 is 0 Å². The molecule has 0 aliphatic heterocycles. The molecule has 0 spiro atoms. The highest BCUT2D eigenvalue weighted by atomic mass is 79.9. The summed E-state index contributed by atoms with van der Waals surface area (Å²) in [6.45, 7) is 0. The van der Waals surface area contributed by atoms with E-state index >= 15 is 0 Å². The number of hydrogen-bond donors (Lipinski definition) is 0. The van der Waals surface area contributed by atoms with E-state index in [4.69, 9.17) is 11.6 Å². The molecule has 0 saturated heterocycles. The largest absolute Gasteiger partial charge is 0.292 e. The van der Waals surface area contributed by atoms with Crippen LogP contribution in [0.1, 0.15) is 28.2 Å². The van der Waals surface area contributed by atoms with Crippen molar-refractivity contribution in [1.29, 1.82) is 0 Å². The number of Topliss-reactive ketones (excluding diaryl/α,β-unsaturated/α-hetero) is 1. The minimum atomic E-state index is 0.164. The number of rotatable bonds is 1. The molecule has 0 amide bonds. The zero-order valence-corrected chi connectivity index (χ0v) is 12.5. The summed E-state index contributed by atoms with van der Waals surface area (Å²) in [5.41, 5.74) is 1.61. The average molecular weight is 343 g/mol. The van der Waals surface area contributed by atoms with Gasteiger partial charge in [-0.05, 0) is 31.0 Å². The smallest absolute Gasteiger partial charge is 0.182 e. The average Bonchev–Trinajstić information content (AvgIpc) is 2.77. The lowest BCUT2D eigenvalue weighted by Crippen LogP contribution is -2.08. The highest BCUT2D eigenvalue weighted by molar-refractivity contribution is 9.10. The first kappa shape index (κ1) is 12.3. The summed E-state index contributed by atoms with van der Waals surface area (Å²) >= 11 is 11.1. The van der Waals surface area contributed by atoms with Gasteiger partial charge in [-0.25, -0.2) is 4.98 Å². The first-order valence-corrected chi connectivity index (χ1v) is 7.62. The molecular formula is C13H9BrClNOS. The van der Waals surface area contributed by atoms with Gasteiger partial charge in [0.25, 0.3) is 0 Å². The molecule has 1 aliphatic rings. The fourth-order valence-corrected chi connectivity index (χ4v) is 3.93. The number of carbonyl (C=O) groups excluding carboxylic acids is 1. The Balaban J connectivity index is 2.13. The molecule has 92 valence electrons. The Hall–Kier alpha value is -0.710. The maximum absolute atomic E-state index is 11.8. The lowest BCUT2D eigenvalue weighted by atomic mass is 10.0. The third kappa shape index (κ3) is 2.13. The number of aromatic nitrogens is 1. The SMILES string of the molecule is O=C1CCCc2sc(-c3cc(Cl)ccc3Br)nc21. The molecule has 18 heavy (non-hydrogen) atoms. The number of aryl methyl sites for hydroxylation is 1. The molecule has 0 atom stereocenters. The van der Waals surface area contributed by atoms with Crippen LogP contribution in [0.2, 0.25) is 5.02 Å². The van der Waals surface area contributed by atoms with E-state index in [1.165, 1.54) is 0 Å². The van der Waals surface area contributed by atoms with Gasteiger partial charge in [-0.1, -0.05) is 27.5 Å². The molecule has 3 rings (SSSR count). The van der Waals surface area contributed by atoms with Crippen molar-refractivity contribution in [3.63, 3.8) is 0 Å². The van der Waals surface area contributed by atoms with Gasteiger partial charge in [0, 0.05) is 26.4 Å². The van der Waals surface area contributed by atoms with Crippen LogP contribution >= 0.6 is 38.9 Å². The predicted molar refractivity (Wildman–Crippen MR) is 77.5 cm³/mol. The zero-order chi connectivity index (χ0) is 12.7. The molecule has 2 aromatic rings. The molecule has 0 saturated carbocycles. The number of halogens is 2. The van der Waals surface area contributed by atoms with Gasteiger partial charge in [-0.15, -0.1) is 11.3 Å². The number of benzene rings is 1. The number of thiazole rings is 1. The Bertz CT molecular complexity index is 638. The van der Waals surface area contributed by atoms with E-state index in [1.807, 2.05) is 18.2 Å². The van der Waals surface area contributed by atoms with Gasteiger partial charge in [-0.3, -0.25) is 4.79 Å². The molecule has 1 aromatic carbocycles. The van der Waals surface area contributed by atoms with Crippen LogP contribution in [0.3, 0.4) is 0 Å². The highest BCUT2D eigenvalue weighted by Crippen LogP contribution is 2.37. The second-order valence-corrected chi connectivity index (χ2v) is 6.57. The van der Waals surface area contributed by atoms with Crippen LogP contribution in [-0.2, 0) is 6.42 Å². The van der Waals surface area contributed by atoms with Crippen molar-refractivity contribution in [2.24, 2.45) is 0 Å². The predicted octanol–water partition coefficient (Wildman–Crippen LogP) is 4.75. The molecule has 1 aliphatic carbocycles. The molecule has 0 N–H and O–H groups in total. The number of fused-ring (bicyclic) bond motifs is 1. The van der Waals surface area contributed by atoms with Gasteiger partial charge >= 0.3 is 0 Å². The summed E-state index contributed by atoms with van der Waals surface area (Å²) in [5, 5.41) is 1.54. The van der Waals surface area contributed by atoms with Crippen molar-refractivity contribution in [3.8, 4) is 10.6 Å². The van der Waals surface area contributed by atoms with Crippen molar-refractivity contribution in [2.75, 3.05) is 0 Å². The Morgan fingerprint density at radius 3 is 2.94 bits per heavy atom. The van der Waals surface area contributed by atoms with Crippen molar-refractivity contribution < 1.29 is 4.79 Å². The van der Waals surface area contributed by atoms with Crippen LogP contribution in [0.25, 0.3) is 10.6 Å². The van der Waals surface area contributed by atoms with Gasteiger partial charge in [0.15, 0.2) is 5.78 Å². The van der Waals surface area contributed by atoms with Crippen LogP contribution in [0.15, 0.2) is 22.7 Å². The van der Waals surface area contributed by atoms with Crippen molar-refractivity contribution >= 4 is 44.7 Å². The summed E-state index contributed by atoms with van der Waals surface area (Å²) in [6.07, 6.45) is 2.51. The van der Waals surface area contributed by atoms with Crippen molar-refractivity contribution in [3.05, 3.63) is 38.3 Å². The van der Waals surface area contributed by atoms with E-state index in [0.717, 1.165) is 32.8 Å². The molecule has 0 bridgehead atoms. The number of nitrogens with zero attached hydrogens (tertiary/aromatic N) is 1. The minimum absolute atomic E-state index is 0.164. The normalized spacial score (nSPS) is 14.7. The zero-order valence-electron chi connectivity index (χ0n) is 9.37. The lowest BCUT2D eigenvalue weighted by Gasteiger charge is -2.06. The maximum atomic E-state index is 11.8.